The van der Waals surface area contributed by atoms with Gasteiger partial charge in [0, 0.05) is 6.04 Å². The van der Waals surface area contributed by atoms with Crippen LogP contribution in [0, 0.1) is 17.1 Å². The van der Waals surface area contributed by atoms with Crippen LogP contribution in [0.4, 0.5) is 4.39 Å². The summed E-state index contributed by atoms with van der Waals surface area (Å²) in [6, 6.07) is 13.5. The third-order valence-electron chi connectivity index (χ3n) is 3.85. The molecule has 144 valence electrons. The molecule has 5 heteroatoms. The molecular formula is C23H23FN2O2. The number of nitrogens with one attached hydrogen (secondary N) is 1. The van der Waals surface area contributed by atoms with Crippen LogP contribution in [0.25, 0.3) is 6.08 Å². The first-order valence-electron chi connectivity index (χ1n) is 8.96. The molecule has 28 heavy (non-hydrogen) atoms. The smallest absolute Gasteiger partial charge is 0.262 e. The maximum atomic E-state index is 13.0. The van der Waals surface area contributed by atoms with E-state index in [1.807, 2.05) is 26.0 Å². The van der Waals surface area contributed by atoms with Gasteiger partial charge in [-0.1, -0.05) is 24.3 Å². The maximum absolute atomic E-state index is 13.0. The molecule has 1 amide bonds. The molecule has 0 bridgehead atoms. The van der Waals surface area contributed by atoms with Gasteiger partial charge in [0.1, 0.15) is 29.8 Å². The van der Waals surface area contributed by atoms with E-state index in [1.165, 1.54) is 12.1 Å². The van der Waals surface area contributed by atoms with Crippen molar-refractivity contribution in [1.82, 2.24) is 5.32 Å². The van der Waals surface area contributed by atoms with Gasteiger partial charge >= 0.3 is 0 Å². The average molecular weight is 378 g/mol. The Morgan fingerprint density at radius 3 is 2.61 bits per heavy atom. The fraction of sp³-hybridized carbons (Fsp3) is 0.217. The van der Waals surface area contributed by atoms with E-state index in [4.69, 9.17) is 4.74 Å². The van der Waals surface area contributed by atoms with Crippen molar-refractivity contribution in [2.45, 2.75) is 32.9 Å². The lowest BCUT2D eigenvalue weighted by Gasteiger charge is -2.12. The molecule has 0 radical (unpaired) electrons. The largest absolute Gasteiger partial charge is 0.489 e. The predicted molar refractivity (Wildman–Crippen MR) is 108 cm³/mol. The van der Waals surface area contributed by atoms with E-state index in [-0.39, 0.29) is 17.4 Å². The van der Waals surface area contributed by atoms with Gasteiger partial charge in [-0.2, -0.15) is 5.26 Å². The van der Waals surface area contributed by atoms with Crippen molar-refractivity contribution >= 4 is 12.0 Å². The van der Waals surface area contributed by atoms with Crippen LogP contribution >= 0.6 is 0 Å². The first-order valence-corrected chi connectivity index (χ1v) is 8.96. The zero-order valence-corrected chi connectivity index (χ0v) is 16.0. The van der Waals surface area contributed by atoms with Gasteiger partial charge in [0.15, 0.2) is 0 Å². The normalized spacial score (nSPS) is 11.0. The van der Waals surface area contributed by atoms with Crippen LogP contribution in [0.5, 0.6) is 5.75 Å². The molecule has 2 aromatic carbocycles. The highest BCUT2D eigenvalue weighted by molar-refractivity contribution is 6.01. The van der Waals surface area contributed by atoms with Crippen LogP contribution in [0.1, 0.15) is 30.5 Å². The van der Waals surface area contributed by atoms with Crippen LogP contribution in [0.15, 0.2) is 60.7 Å². The minimum atomic E-state index is -0.403. The third kappa shape index (κ3) is 6.10. The van der Waals surface area contributed by atoms with Gasteiger partial charge in [0.05, 0.1) is 0 Å². The lowest BCUT2D eigenvalue weighted by atomic mass is 10.0. The van der Waals surface area contributed by atoms with Gasteiger partial charge in [0.2, 0.25) is 0 Å². The van der Waals surface area contributed by atoms with Crippen molar-refractivity contribution in [2.75, 3.05) is 0 Å². The Kier molecular flexibility index (Phi) is 7.53. The lowest BCUT2D eigenvalue weighted by Crippen LogP contribution is -2.30. The highest BCUT2D eigenvalue weighted by Gasteiger charge is 2.11. The Morgan fingerprint density at radius 1 is 1.29 bits per heavy atom. The second-order valence-corrected chi connectivity index (χ2v) is 6.57. The maximum Gasteiger partial charge on any atom is 0.262 e. The molecule has 0 spiro atoms. The first kappa shape index (κ1) is 20.9. The lowest BCUT2D eigenvalue weighted by molar-refractivity contribution is -0.117. The number of amides is 1. The van der Waals surface area contributed by atoms with Crippen LogP contribution < -0.4 is 10.1 Å². The molecule has 0 heterocycles. The second kappa shape index (κ2) is 10.1. The summed E-state index contributed by atoms with van der Waals surface area (Å²) in [4.78, 5) is 12.1. The Balaban J connectivity index is 2.22. The van der Waals surface area contributed by atoms with E-state index >= 15 is 0 Å². The molecule has 2 aromatic rings. The summed E-state index contributed by atoms with van der Waals surface area (Å²) in [5, 5.41) is 12.0. The Hall–Kier alpha value is -3.39. The van der Waals surface area contributed by atoms with E-state index in [0.717, 1.165) is 16.7 Å². The van der Waals surface area contributed by atoms with Crippen molar-refractivity contribution in [3.63, 3.8) is 0 Å². The van der Waals surface area contributed by atoms with Crippen molar-refractivity contribution in [3.05, 3.63) is 83.2 Å². The number of hydrogen-bond donors (Lipinski definition) is 1. The Bertz CT molecular complexity index is 909. The van der Waals surface area contributed by atoms with Gasteiger partial charge in [0.25, 0.3) is 5.91 Å². The molecule has 0 atom stereocenters. The minimum absolute atomic E-state index is 0.0400. The van der Waals surface area contributed by atoms with Crippen LogP contribution in [0.3, 0.4) is 0 Å². The number of nitriles is 1. The van der Waals surface area contributed by atoms with Gasteiger partial charge < -0.3 is 10.1 Å². The van der Waals surface area contributed by atoms with E-state index in [2.05, 4.69) is 11.9 Å². The summed E-state index contributed by atoms with van der Waals surface area (Å²) < 4.78 is 18.9. The van der Waals surface area contributed by atoms with E-state index in [1.54, 1.807) is 36.4 Å². The van der Waals surface area contributed by atoms with E-state index < -0.39 is 5.91 Å². The SMILES string of the molecule is C=CCc1cc(/C=C(/C#N)C(=O)NC(C)C)ccc1OCc1ccc(F)cc1. The first-order chi connectivity index (χ1) is 13.4. The quantitative estimate of drug-likeness (QED) is 0.416. The summed E-state index contributed by atoms with van der Waals surface area (Å²) in [7, 11) is 0. The number of carbonyl (C=O) groups excluding carboxylic acids is 1. The number of nitrogens with zero attached hydrogens (tertiary/aromatic N) is 1. The molecule has 0 aromatic heterocycles. The molecular weight excluding hydrogens is 355 g/mol. The van der Waals surface area contributed by atoms with Crippen molar-refractivity contribution in [2.24, 2.45) is 0 Å². The molecule has 2 rings (SSSR count). The van der Waals surface area contributed by atoms with Crippen molar-refractivity contribution in [1.29, 1.82) is 5.26 Å². The monoisotopic (exact) mass is 378 g/mol. The standard InChI is InChI=1S/C23H23FN2O2/c1-4-5-19-12-18(13-20(14-25)23(27)26-16(2)3)8-11-22(19)28-15-17-6-9-21(24)10-7-17/h4,6-13,16H,1,5,15H2,2-3H3,(H,26,27)/b20-13-. The van der Waals surface area contributed by atoms with Crippen LogP contribution in [-0.2, 0) is 17.8 Å². The zero-order valence-electron chi connectivity index (χ0n) is 16.0. The summed E-state index contributed by atoms with van der Waals surface area (Å²) >= 11 is 0. The molecule has 0 aliphatic rings. The number of ether oxygens (including phenoxy) is 1. The molecule has 0 unspecified atom stereocenters. The summed E-state index contributed by atoms with van der Waals surface area (Å²) in [5.74, 6) is -0.0204. The highest BCUT2D eigenvalue weighted by atomic mass is 19.1. The Labute approximate surface area is 165 Å². The van der Waals surface area contributed by atoms with Gasteiger partial charge in [-0.05, 0) is 67.3 Å². The van der Waals surface area contributed by atoms with Gasteiger partial charge in [-0.15, -0.1) is 6.58 Å². The fourth-order valence-electron chi connectivity index (χ4n) is 2.54. The number of allylic oxidation sites excluding steroid dienone is 1. The Morgan fingerprint density at radius 2 is 2.00 bits per heavy atom. The average Bonchev–Trinajstić information content (AvgIpc) is 2.66. The molecule has 0 fully saturated rings. The van der Waals surface area contributed by atoms with E-state index in [0.29, 0.717) is 18.8 Å². The minimum Gasteiger partial charge on any atom is -0.489 e. The summed E-state index contributed by atoms with van der Waals surface area (Å²) in [6.45, 7) is 7.74. The van der Waals surface area contributed by atoms with E-state index in [9.17, 15) is 14.4 Å². The molecule has 0 saturated heterocycles. The fourth-order valence-corrected chi connectivity index (χ4v) is 2.54. The topological polar surface area (TPSA) is 62.1 Å². The molecule has 0 aliphatic heterocycles. The van der Waals surface area contributed by atoms with Crippen LogP contribution in [0.2, 0.25) is 0 Å². The summed E-state index contributed by atoms with van der Waals surface area (Å²) in [6.07, 6.45) is 3.87. The highest BCUT2D eigenvalue weighted by Crippen LogP contribution is 2.24. The van der Waals surface area contributed by atoms with Crippen molar-refractivity contribution < 1.29 is 13.9 Å². The number of benzene rings is 2. The molecule has 1 N–H and O–H groups in total. The number of hydrogen-bond acceptors (Lipinski definition) is 3. The summed E-state index contributed by atoms with van der Waals surface area (Å²) in [5.41, 5.74) is 2.50. The second-order valence-electron chi connectivity index (χ2n) is 6.57. The molecule has 0 saturated carbocycles. The number of carbonyl (C=O) groups is 1. The zero-order chi connectivity index (χ0) is 20.5. The predicted octanol–water partition coefficient (Wildman–Crippen LogP) is 4.56. The molecule has 0 aliphatic carbocycles. The van der Waals surface area contributed by atoms with Crippen LogP contribution in [-0.4, -0.2) is 11.9 Å². The van der Waals surface area contributed by atoms with Gasteiger partial charge in [-0.25, -0.2) is 4.39 Å². The van der Waals surface area contributed by atoms with Crippen molar-refractivity contribution in [3.8, 4) is 11.8 Å². The number of halogens is 1. The molecule has 4 nitrogen and oxygen atoms in total. The number of rotatable bonds is 8. The van der Waals surface area contributed by atoms with Gasteiger partial charge in [-0.3, -0.25) is 4.79 Å². The third-order valence-corrected chi connectivity index (χ3v) is 3.85.